The average molecular weight is 396 g/mol. The van der Waals surface area contributed by atoms with Crippen LogP contribution in [-0.4, -0.2) is 24.5 Å². The van der Waals surface area contributed by atoms with E-state index in [2.05, 4.69) is 22.9 Å². The molecule has 1 saturated carbocycles. The molecule has 29 heavy (non-hydrogen) atoms. The van der Waals surface area contributed by atoms with Crippen LogP contribution in [-0.2, 0) is 9.59 Å². The maximum atomic E-state index is 12.4. The van der Waals surface area contributed by atoms with Gasteiger partial charge in [0.05, 0.1) is 12.6 Å². The summed E-state index contributed by atoms with van der Waals surface area (Å²) in [7, 11) is 0. The predicted molar refractivity (Wildman–Crippen MR) is 116 cm³/mol. The number of anilines is 3. The molecule has 1 aliphatic rings. The predicted octanol–water partition coefficient (Wildman–Crippen LogP) is 4.57. The second-order valence-electron chi connectivity index (χ2n) is 7.51. The summed E-state index contributed by atoms with van der Waals surface area (Å²) in [4.78, 5) is 24.4. The second kappa shape index (κ2) is 9.45. The number of rotatable bonds is 9. The highest BCUT2D eigenvalue weighted by atomic mass is 16.5. The first-order valence-electron chi connectivity index (χ1n) is 10.2. The van der Waals surface area contributed by atoms with Crippen molar-refractivity contribution in [2.24, 2.45) is 5.92 Å². The SMILES string of the molecule is CCC(C)Oc1cccc(NC(=O)CNc2cccc(NC(=O)C3CC3)c2C)c1. The van der Waals surface area contributed by atoms with Crippen molar-refractivity contribution in [3.8, 4) is 5.75 Å². The van der Waals surface area contributed by atoms with Crippen molar-refractivity contribution in [3.63, 3.8) is 0 Å². The van der Waals surface area contributed by atoms with Crippen LogP contribution in [0.2, 0.25) is 0 Å². The normalized spacial score (nSPS) is 14.0. The quantitative estimate of drug-likeness (QED) is 0.581. The van der Waals surface area contributed by atoms with E-state index in [1.54, 1.807) is 0 Å². The van der Waals surface area contributed by atoms with Gasteiger partial charge in [-0.25, -0.2) is 0 Å². The zero-order valence-corrected chi connectivity index (χ0v) is 17.2. The summed E-state index contributed by atoms with van der Waals surface area (Å²) in [5.74, 6) is 0.803. The van der Waals surface area contributed by atoms with Crippen molar-refractivity contribution in [3.05, 3.63) is 48.0 Å². The summed E-state index contributed by atoms with van der Waals surface area (Å²) >= 11 is 0. The van der Waals surface area contributed by atoms with E-state index in [0.717, 1.165) is 42.0 Å². The largest absolute Gasteiger partial charge is 0.491 e. The lowest BCUT2D eigenvalue weighted by Gasteiger charge is -2.15. The summed E-state index contributed by atoms with van der Waals surface area (Å²) in [6, 6.07) is 13.0. The van der Waals surface area contributed by atoms with E-state index in [-0.39, 0.29) is 30.4 Å². The third kappa shape index (κ3) is 5.98. The van der Waals surface area contributed by atoms with Crippen LogP contribution in [0.3, 0.4) is 0 Å². The van der Waals surface area contributed by atoms with Crippen LogP contribution in [0.15, 0.2) is 42.5 Å². The van der Waals surface area contributed by atoms with Gasteiger partial charge >= 0.3 is 0 Å². The number of carbonyl (C=O) groups excluding carboxylic acids is 2. The molecule has 0 spiro atoms. The molecule has 1 unspecified atom stereocenters. The molecule has 6 nitrogen and oxygen atoms in total. The van der Waals surface area contributed by atoms with E-state index in [1.165, 1.54) is 0 Å². The van der Waals surface area contributed by atoms with Crippen LogP contribution in [0, 0.1) is 12.8 Å². The second-order valence-corrected chi connectivity index (χ2v) is 7.51. The third-order valence-corrected chi connectivity index (χ3v) is 5.01. The van der Waals surface area contributed by atoms with E-state index >= 15 is 0 Å². The van der Waals surface area contributed by atoms with Gasteiger partial charge in [0.1, 0.15) is 5.75 Å². The first kappa shape index (κ1) is 20.7. The Bertz CT molecular complexity index is 877. The van der Waals surface area contributed by atoms with Crippen LogP contribution in [0.5, 0.6) is 5.75 Å². The van der Waals surface area contributed by atoms with Crippen LogP contribution in [0.25, 0.3) is 0 Å². The molecule has 1 fully saturated rings. The highest BCUT2D eigenvalue weighted by Gasteiger charge is 2.29. The smallest absolute Gasteiger partial charge is 0.243 e. The molecule has 0 saturated heterocycles. The average Bonchev–Trinajstić information content (AvgIpc) is 3.54. The fourth-order valence-corrected chi connectivity index (χ4v) is 2.89. The minimum atomic E-state index is -0.155. The summed E-state index contributed by atoms with van der Waals surface area (Å²) in [6.07, 6.45) is 2.97. The molecule has 1 aliphatic carbocycles. The standard InChI is InChI=1S/C23H29N3O3/c1-4-15(2)29-19-8-5-7-18(13-19)25-22(27)14-24-20-9-6-10-21(16(20)3)26-23(28)17-11-12-17/h5-10,13,15,17,24H,4,11-12,14H2,1-3H3,(H,25,27)(H,26,28). The molecule has 2 aromatic rings. The van der Waals surface area contributed by atoms with Crippen LogP contribution in [0.1, 0.15) is 38.7 Å². The number of ether oxygens (including phenoxy) is 1. The molecule has 0 radical (unpaired) electrons. The van der Waals surface area contributed by atoms with Gasteiger partial charge in [0.2, 0.25) is 11.8 Å². The maximum absolute atomic E-state index is 12.4. The number of hydrogen-bond acceptors (Lipinski definition) is 4. The first-order chi connectivity index (χ1) is 14.0. The van der Waals surface area contributed by atoms with Crippen molar-refractivity contribution in [2.45, 2.75) is 46.1 Å². The Morgan fingerprint density at radius 2 is 1.83 bits per heavy atom. The Kier molecular flexibility index (Phi) is 6.75. The molecule has 0 bridgehead atoms. The van der Waals surface area contributed by atoms with Crippen molar-refractivity contribution < 1.29 is 14.3 Å². The molecular formula is C23H29N3O3. The Labute approximate surface area is 172 Å². The van der Waals surface area contributed by atoms with Gasteiger partial charge in [-0.1, -0.05) is 19.1 Å². The number of nitrogens with one attached hydrogen (secondary N) is 3. The van der Waals surface area contributed by atoms with Gasteiger partial charge in [-0.05, 0) is 62.9 Å². The molecular weight excluding hydrogens is 366 g/mol. The van der Waals surface area contributed by atoms with E-state index in [1.807, 2.05) is 56.3 Å². The van der Waals surface area contributed by atoms with Crippen molar-refractivity contribution in [1.29, 1.82) is 0 Å². The molecule has 154 valence electrons. The monoisotopic (exact) mass is 395 g/mol. The minimum absolute atomic E-state index is 0.0717. The van der Waals surface area contributed by atoms with E-state index in [0.29, 0.717) is 5.69 Å². The van der Waals surface area contributed by atoms with E-state index < -0.39 is 0 Å². The minimum Gasteiger partial charge on any atom is -0.491 e. The lowest BCUT2D eigenvalue weighted by Crippen LogP contribution is -2.22. The fourth-order valence-electron chi connectivity index (χ4n) is 2.89. The number of amides is 2. The molecule has 2 aromatic carbocycles. The van der Waals surface area contributed by atoms with Gasteiger partial charge in [0, 0.05) is 29.0 Å². The van der Waals surface area contributed by atoms with E-state index in [4.69, 9.17) is 4.74 Å². The third-order valence-electron chi connectivity index (χ3n) is 5.01. The van der Waals surface area contributed by atoms with Crippen molar-refractivity contribution in [2.75, 3.05) is 22.5 Å². The highest BCUT2D eigenvalue weighted by molar-refractivity contribution is 5.96. The molecule has 3 rings (SSSR count). The number of benzene rings is 2. The fraction of sp³-hybridized carbons (Fsp3) is 0.391. The Morgan fingerprint density at radius 3 is 2.55 bits per heavy atom. The van der Waals surface area contributed by atoms with Gasteiger partial charge < -0.3 is 20.7 Å². The lowest BCUT2D eigenvalue weighted by molar-refractivity contribution is -0.117. The number of hydrogen-bond donors (Lipinski definition) is 3. The van der Waals surface area contributed by atoms with Crippen LogP contribution >= 0.6 is 0 Å². The maximum Gasteiger partial charge on any atom is 0.243 e. The summed E-state index contributed by atoms with van der Waals surface area (Å²) < 4.78 is 5.80. The van der Waals surface area contributed by atoms with Crippen molar-refractivity contribution >= 4 is 28.9 Å². The molecule has 1 atom stereocenters. The van der Waals surface area contributed by atoms with E-state index in [9.17, 15) is 9.59 Å². The summed E-state index contributed by atoms with van der Waals surface area (Å²) in [5, 5.41) is 9.01. The lowest BCUT2D eigenvalue weighted by atomic mass is 10.1. The first-order valence-corrected chi connectivity index (χ1v) is 10.2. The molecule has 6 heteroatoms. The van der Waals surface area contributed by atoms with Gasteiger partial charge in [0.25, 0.3) is 0 Å². The summed E-state index contributed by atoms with van der Waals surface area (Å²) in [5.41, 5.74) is 3.21. The van der Waals surface area contributed by atoms with Gasteiger partial charge in [-0.2, -0.15) is 0 Å². The Morgan fingerprint density at radius 1 is 1.10 bits per heavy atom. The molecule has 3 N–H and O–H groups in total. The Hall–Kier alpha value is -3.02. The van der Waals surface area contributed by atoms with Crippen LogP contribution in [0.4, 0.5) is 17.1 Å². The van der Waals surface area contributed by atoms with Gasteiger partial charge in [-0.3, -0.25) is 9.59 Å². The molecule has 0 aromatic heterocycles. The topological polar surface area (TPSA) is 79.5 Å². The zero-order chi connectivity index (χ0) is 20.8. The van der Waals surface area contributed by atoms with Gasteiger partial charge in [-0.15, -0.1) is 0 Å². The molecule has 0 aliphatic heterocycles. The molecule has 2 amide bonds. The van der Waals surface area contributed by atoms with Crippen molar-refractivity contribution in [1.82, 2.24) is 0 Å². The summed E-state index contributed by atoms with van der Waals surface area (Å²) in [6.45, 7) is 6.13. The number of carbonyl (C=O) groups is 2. The van der Waals surface area contributed by atoms with Crippen LogP contribution < -0.4 is 20.7 Å². The Balaban J connectivity index is 1.55. The van der Waals surface area contributed by atoms with Gasteiger partial charge in [0.15, 0.2) is 0 Å². The highest BCUT2D eigenvalue weighted by Crippen LogP contribution is 2.31. The molecule has 0 heterocycles. The zero-order valence-electron chi connectivity index (χ0n) is 17.2.